The Kier molecular flexibility index (Phi) is 6.62. The fourth-order valence-corrected chi connectivity index (χ4v) is 4.83. The molecule has 0 saturated carbocycles. The average Bonchev–Trinajstić information content (AvgIpc) is 2.90. The number of hydrogen-bond donors (Lipinski definition) is 1. The summed E-state index contributed by atoms with van der Waals surface area (Å²) in [7, 11) is 0. The Bertz CT molecular complexity index is 1400. The lowest BCUT2D eigenvalue weighted by Gasteiger charge is -2.33. The van der Waals surface area contributed by atoms with Gasteiger partial charge in [0.15, 0.2) is 5.82 Å². The highest BCUT2D eigenvalue weighted by atomic mass is 16.2. The predicted molar refractivity (Wildman–Crippen MR) is 140 cm³/mol. The second kappa shape index (κ2) is 10.1. The number of fused-ring (bicyclic) bond motifs is 1. The first-order valence-electron chi connectivity index (χ1n) is 12.2. The zero-order valence-corrected chi connectivity index (χ0v) is 20.0. The Balaban J connectivity index is 1.39. The van der Waals surface area contributed by atoms with Gasteiger partial charge in [-0.05, 0) is 48.6 Å². The van der Waals surface area contributed by atoms with Crippen molar-refractivity contribution in [3.8, 4) is 0 Å². The molecule has 0 bridgehead atoms. The molecule has 0 aliphatic carbocycles. The molecule has 6 heteroatoms. The smallest absolute Gasteiger partial charge is 0.294 e. The molecule has 178 valence electrons. The molecular formula is C29H30N4O2. The van der Waals surface area contributed by atoms with Gasteiger partial charge in [0, 0.05) is 19.6 Å². The van der Waals surface area contributed by atoms with Gasteiger partial charge in [-0.2, -0.15) is 0 Å². The van der Waals surface area contributed by atoms with E-state index in [-0.39, 0.29) is 17.4 Å². The minimum absolute atomic E-state index is 0.0309. The zero-order valence-electron chi connectivity index (χ0n) is 20.0. The third kappa shape index (κ3) is 4.97. The van der Waals surface area contributed by atoms with Crippen molar-refractivity contribution in [3.63, 3.8) is 0 Å². The molecule has 1 aliphatic rings. The summed E-state index contributed by atoms with van der Waals surface area (Å²) in [5.74, 6) is 0.280. The summed E-state index contributed by atoms with van der Waals surface area (Å²) < 4.78 is 1.80. The minimum atomic E-state index is -0.178. The van der Waals surface area contributed by atoms with Crippen molar-refractivity contribution >= 4 is 22.8 Å². The van der Waals surface area contributed by atoms with Gasteiger partial charge < -0.3 is 10.2 Å². The van der Waals surface area contributed by atoms with Crippen molar-refractivity contribution in [3.05, 3.63) is 106 Å². The van der Waals surface area contributed by atoms with E-state index in [1.54, 1.807) is 4.57 Å². The van der Waals surface area contributed by atoms with Gasteiger partial charge in [0.05, 0.1) is 23.5 Å². The van der Waals surface area contributed by atoms with Crippen molar-refractivity contribution < 1.29 is 4.79 Å². The minimum Gasteiger partial charge on any atom is -0.352 e. The Hall–Kier alpha value is -3.93. The molecule has 1 fully saturated rings. The Morgan fingerprint density at radius 2 is 1.74 bits per heavy atom. The SMILES string of the molecule is Cc1ccccc1CNC(=O)C1CCCN(c2nc3ccccc3n(Cc3ccccc3)c2=O)C1. The van der Waals surface area contributed by atoms with E-state index in [1.807, 2.05) is 77.7 Å². The molecule has 3 aromatic carbocycles. The first kappa shape index (κ1) is 22.8. The summed E-state index contributed by atoms with van der Waals surface area (Å²) in [6.45, 7) is 4.25. The number of rotatable bonds is 6. The first-order chi connectivity index (χ1) is 17.1. The topological polar surface area (TPSA) is 67.2 Å². The summed E-state index contributed by atoms with van der Waals surface area (Å²) in [6.07, 6.45) is 1.65. The molecule has 1 amide bonds. The van der Waals surface area contributed by atoms with E-state index in [9.17, 15) is 9.59 Å². The van der Waals surface area contributed by atoms with E-state index in [0.717, 1.165) is 40.6 Å². The summed E-state index contributed by atoms with van der Waals surface area (Å²) in [4.78, 5) is 33.5. The number of para-hydroxylation sites is 2. The highest BCUT2D eigenvalue weighted by molar-refractivity contribution is 5.80. The van der Waals surface area contributed by atoms with Gasteiger partial charge in [0.2, 0.25) is 5.91 Å². The molecule has 0 spiro atoms. The number of anilines is 1. The van der Waals surface area contributed by atoms with Crippen LogP contribution in [0.15, 0.2) is 83.7 Å². The molecule has 1 saturated heterocycles. The van der Waals surface area contributed by atoms with Gasteiger partial charge >= 0.3 is 0 Å². The number of aromatic nitrogens is 2. The number of amides is 1. The van der Waals surface area contributed by atoms with Gasteiger partial charge in [-0.3, -0.25) is 14.2 Å². The van der Waals surface area contributed by atoms with Crippen molar-refractivity contribution in [1.82, 2.24) is 14.9 Å². The molecule has 2 heterocycles. The predicted octanol–water partition coefficient (Wildman–Crippen LogP) is 4.29. The van der Waals surface area contributed by atoms with Gasteiger partial charge in [-0.15, -0.1) is 0 Å². The van der Waals surface area contributed by atoms with Crippen molar-refractivity contribution in [1.29, 1.82) is 0 Å². The Labute approximate surface area is 205 Å². The average molecular weight is 467 g/mol. The monoisotopic (exact) mass is 466 g/mol. The van der Waals surface area contributed by atoms with Crippen LogP contribution >= 0.6 is 0 Å². The molecular weight excluding hydrogens is 436 g/mol. The molecule has 1 atom stereocenters. The molecule has 1 unspecified atom stereocenters. The van der Waals surface area contributed by atoms with Crippen molar-refractivity contribution in [2.75, 3.05) is 18.0 Å². The molecule has 1 aromatic heterocycles. The molecule has 6 nitrogen and oxygen atoms in total. The quantitative estimate of drug-likeness (QED) is 0.461. The third-order valence-corrected chi connectivity index (χ3v) is 6.82. The standard InChI is InChI=1S/C29H30N4O2/c1-21-10-5-6-13-23(21)18-30-28(34)24-14-9-17-32(20-24)27-29(35)33(19-22-11-3-2-4-12-22)26-16-8-7-15-25(26)31-27/h2-8,10-13,15-16,24H,9,14,17-20H2,1H3,(H,30,34). The number of nitrogens with zero attached hydrogens (tertiary/aromatic N) is 3. The second-order valence-corrected chi connectivity index (χ2v) is 9.23. The summed E-state index contributed by atoms with van der Waals surface area (Å²) in [5.41, 5.74) is 4.82. The lowest BCUT2D eigenvalue weighted by atomic mass is 9.97. The normalized spacial score (nSPS) is 15.8. The van der Waals surface area contributed by atoms with Crippen LogP contribution in [0.25, 0.3) is 11.0 Å². The molecule has 0 radical (unpaired) electrons. The maximum absolute atomic E-state index is 13.7. The number of carbonyl (C=O) groups is 1. The Morgan fingerprint density at radius 3 is 2.57 bits per heavy atom. The molecule has 1 N–H and O–H groups in total. The number of hydrogen-bond acceptors (Lipinski definition) is 4. The van der Waals surface area contributed by atoms with E-state index in [2.05, 4.69) is 18.3 Å². The Morgan fingerprint density at radius 1 is 1.00 bits per heavy atom. The van der Waals surface area contributed by atoms with Gasteiger partial charge in [-0.25, -0.2) is 4.98 Å². The van der Waals surface area contributed by atoms with E-state index in [4.69, 9.17) is 4.98 Å². The molecule has 35 heavy (non-hydrogen) atoms. The maximum Gasteiger partial charge on any atom is 0.294 e. The number of carbonyl (C=O) groups excluding carboxylic acids is 1. The van der Waals surface area contributed by atoms with E-state index in [0.29, 0.717) is 32.0 Å². The van der Waals surface area contributed by atoms with Crippen molar-refractivity contribution in [2.24, 2.45) is 5.92 Å². The third-order valence-electron chi connectivity index (χ3n) is 6.82. The molecule has 1 aliphatic heterocycles. The maximum atomic E-state index is 13.7. The number of piperidine rings is 1. The first-order valence-corrected chi connectivity index (χ1v) is 12.2. The van der Waals surface area contributed by atoms with Crippen LogP contribution < -0.4 is 15.8 Å². The van der Waals surface area contributed by atoms with Crippen LogP contribution in [0.2, 0.25) is 0 Å². The van der Waals surface area contributed by atoms with Crippen LogP contribution in [0, 0.1) is 12.8 Å². The number of nitrogens with one attached hydrogen (secondary N) is 1. The fraction of sp³-hybridized carbons (Fsp3) is 0.276. The molecule has 4 aromatic rings. The van der Waals surface area contributed by atoms with Crippen LogP contribution in [0.4, 0.5) is 5.82 Å². The van der Waals surface area contributed by atoms with Crippen molar-refractivity contribution in [2.45, 2.75) is 32.9 Å². The van der Waals surface area contributed by atoms with Crippen LogP contribution in [0.3, 0.4) is 0 Å². The van der Waals surface area contributed by atoms with Crippen LogP contribution in [0.5, 0.6) is 0 Å². The van der Waals surface area contributed by atoms with Crippen LogP contribution in [-0.2, 0) is 17.9 Å². The second-order valence-electron chi connectivity index (χ2n) is 9.23. The molecule has 5 rings (SSSR count). The number of benzene rings is 3. The largest absolute Gasteiger partial charge is 0.352 e. The van der Waals surface area contributed by atoms with E-state index in [1.165, 1.54) is 0 Å². The van der Waals surface area contributed by atoms with Gasteiger partial charge in [0.1, 0.15) is 0 Å². The van der Waals surface area contributed by atoms with Gasteiger partial charge in [-0.1, -0.05) is 66.7 Å². The summed E-state index contributed by atoms with van der Waals surface area (Å²) in [5, 5.41) is 3.10. The highest BCUT2D eigenvalue weighted by Gasteiger charge is 2.28. The van der Waals surface area contributed by atoms with Crippen LogP contribution in [0.1, 0.15) is 29.5 Å². The number of aryl methyl sites for hydroxylation is 1. The summed E-state index contributed by atoms with van der Waals surface area (Å²) in [6, 6.07) is 25.8. The summed E-state index contributed by atoms with van der Waals surface area (Å²) >= 11 is 0. The fourth-order valence-electron chi connectivity index (χ4n) is 4.83. The van der Waals surface area contributed by atoms with E-state index < -0.39 is 0 Å². The lowest BCUT2D eigenvalue weighted by molar-refractivity contribution is -0.125. The van der Waals surface area contributed by atoms with Crippen LogP contribution in [-0.4, -0.2) is 28.5 Å². The lowest BCUT2D eigenvalue weighted by Crippen LogP contribution is -2.45. The van der Waals surface area contributed by atoms with E-state index >= 15 is 0 Å². The highest BCUT2D eigenvalue weighted by Crippen LogP contribution is 2.22. The van der Waals surface area contributed by atoms with Gasteiger partial charge in [0.25, 0.3) is 5.56 Å². The zero-order chi connectivity index (χ0) is 24.2.